The highest BCUT2D eigenvalue weighted by atomic mass is 127. The molecule has 14 nitrogen and oxygen atoms in total. The van der Waals surface area contributed by atoms with E-state index in [0.29, 0.717) is 68.8 Å². The molecule has 68 heavy (non-hydrogen) atoms. The van der Waals surface area contributed by atoms with Crippen LogP contribution in [0.1, 0.15) is 67.7 Å². The van der Waals surface area contributed by atoms with E-state index in [1.54, 1.807) is 29.9 Å². The third-order valence-corrected chi connectivity index (χ3v) is 15.6. The van der Waals surface area contributed by atoms with Gasteiger partial charge < -0.3 is 19.4 Å². The summed E-state index contributed by atoms with van der Waals surface area (Å²) in [5, 5.41) is 5.14. The van der Waals surface area contributed by atoms with Crippen LogP contribution in [0.5, 0.6) is 5.75 Å². The second kappa shape index (κ2) is 21.4. The summed E-state index contributed by atoms with van der Waals surface area (Å²) in [5.74, 6) is 0.606. The van der Waals surface area contributed by atoms with E-state index < -0.39 is 25.0 Å². The molecule has 0 saturated heterocycles. The van der Waals surface area contributed by atoms with Crippen molar-refractivity contribution in [1.29, 1.82) is 0 Å². The van der Waals surface area contributed by atoms with Crippen LogP contribution in [0.25, 0.3) is 44.3 Å². The monoisotopic (exact) mass is 1070 g/mol. The molecule has 0 saturated carbocycles. The Balaban J connectivity index is 1.08. The fraction of sp³-hybridized carbons (Fsp3) is 0.314. The molecule has 17 heteroatoms. The van der Waals surface area contributed by atoms with E-state index in [1.165, 1.54) is 12.1 Å². The van der Waals surface area contributed by atoms with Crippen molar-refractivity contribution in [2.45, 2.75) is 68.1 Å². The molecule has 4 aromatic carbocycles. The van der Waals surface area contributed by atoms with Crippen LogP contribution in [0.15, 0.2) is 111 Å². The van der Waals surface area contributed by atoms with Crippen molar-refractivity contribution in [3.8, 4) is 28.2 Å². The summed E-state index contributed by atoms with van der Waals surface area (Å²) in [7, 11) is -7.67. The Morgan fingerprint density at radius 1 is 0.824 bits per heavy atom. The first kappa shape index (κ1) is 50.3. The summed E-state index contributed by atoms with van der Waals surface area (Å²) in [6.45, 7) is 13.3. The van der Waals surface area contributed by atoms with Gasteiger partial charge in [-0.2, -0.15) is 8.42 Å². The number of methoxy groups -OCH3 is 1. The number of alkyl halides is 1. The Hall–Kier alpha value is -5.60. The quantitative estimate of drug-likeness (QED) is 0.0178. The fourth-order valence-electron chi connectivity index (χ4n) is 8.75. The molecule has 0 spiro atoms. The maximum Gasteiger partial charge on any atom is 0.295 e. The summed E-state index contributed by atoms with van der Waals surface area (Å²) in [4.78, 5) is 28.4. The summed E-state index contributed by atoms with van der Waals surface area (Å²) < 4.78 is 83.6. The number of hydrogen-bond donors (Lipinski definition) is 3. The first-order valence-corrected chi connectivity index (χ1v) is 27.1. The number of aromatic nitrogens is 1. The number of benzene rings is 5. The van der Waals surface area contributed by atoms with Gasteiger partial charge in [0.1, 0.15) is 35.1 Å². The SMILES string of the molecule is CCN(CC)c1ccc2c(-c3ccc(S(=O)(=O)NCCCCNC(=O)Cc4c(C)n(C(=O)c5ccc(CI)cc5)c5ccc(OC)cc45)cc3S(=O)(=O)O)c3ccc(=[N+](CC)CC)cc-3oc2c1. The van der Waals surface area contributed by atoms with E-state index >= 15 is 0 Å². The molecule has 0 bridgehead atoms. The van der Waals surface area contributed by atoms with Crippen LogP contribution in [0.4, 0.5) is 5.69 Å². The molecule has 1 amide bonds. The zero-order chi connectivity index (χ0) is 48.9. The van der Waals surface area contributed by atoms with Crippen LogP contribution >= 0.6 is 22.6 Å². The normalized spacial score (nSPS) is 11.9. The smallest absolute Gasteiger partial charge is 0.295 e. The van der Waals surface area contributed by atoms with Crippen LogP contribution in [-0.2, 0) is 35.8 Å². The molecule has 358 valence electrons. The molecule has 3 N–H and O–H groups in total. The molecule has 1 aromatic heterocycles. The first-order chi connectivity index (χ1) is 32.6. The van der Waals surface area contributed by atoms with Crippen molar-refractivity contribution >= 4 is 82.1 Å². The molecule has 1 aliphatic carbocycles. The number of anilines is 1. The van der Waals surface area contributed by atoms with Crippen molar-refractivity contribution in [3.05, 3.63) is 125 Å². The van der Waals surface area contributed by atoms with Gasteiger partial charge in [-0.15, -0.1) is 0 Å². The number of ether oxygens (including phenoxy) is 1. The third kappa shape index (κ3) is 10.5. The Bertz CT molecular complexity index is 3280. The van der Waals surface area contributed by atoms with Gasteiger partial charge in [-0.3, -0.25) is 18.7 Å². The molecule has 0 radical (unpaired) electrons. The third-order valence-electron chi connectivity index (χ3n) is 12.4. The highest BCUT2D eigenvalue weighted by Crippen LogP contribution is 2.43. The van der Waals surface area contributed by atoms with Gasteiger partial charge in [0.2, 0.25) is 21.3 Å². The van der Waals surface area contributed by atoms with Gasteiger partial charge in [0.05, 0.1) is 30.0 Å². The lowest BCUT2D eigenvalue weighted by molar-refractivity contribution is -0.120. The maximum absolute atomic E-state index is 13.8. The van der Waals surface area contributed by atoms with E-state index in [2.05, 4.69) is 69.8 Å². The number of fused-ring (bicyclic) bond motifs is 3. The topological polar surface area (TPSA) is 180 Å². The predicted molar refractivity (Wildman–Crippen MR) is 276 cm³/mol. The van der Waals surface area contributed by atoms with Gasteiger partial charge in [-0.05, 0) is 119 Å². The van der Waals surface area contributed by atoms with E-state index in [4.69, 9.17) is 9.15 Å². The van der Waals surface area contributed by atoms with Gasteiger partial charge in [0.15, 0.2) is 0 Å². The van der Waals surface area contributed by atoms with Crippen molar-refractivity contribution in [2.75, 3.05) is 51.3 Å². The van der Waals surface area contributed by atoms with E-state index in [0.717, 1.165) is 58.7 Å². The number of nitrogens with zero attached hydrogens (tertiary/aromatic N) is 3. The van der Waals surface area contributed by atoms with Gasteiger partial charge in [-0.25, -0.2) is 17.7 Å². The molecule has 2 heterocycles. The standard InChI is InChI=1S/C51H56IN5O9S2/c1-7-55(8-2)36-17-21-40-46(27-36)66-47-28-37(56(9-3)10-4)18-22-41(47)50(40)42-23-20-39(30-48(42)68(62,63)64)67(60,61)54-26-12-11-25-53-49(58)31-43-33(5)57(45-24-19-38(65-6)29-44(43)45)51(59)35-15-13-34(32-52)14-16-35/h13-24,27-30,54H,7-12,25-26,31-32H2,1-6H3,(H-,53,58,62,63,64)/p+1. The number of rotatable bonds is 19. The minimum atomic E-state index is -4.96. The van der Waals surface area contributed by atoms with Gasteiger partial charge >= 0.3 is 0 Å². The summed E-state index contributed by atoms with van der Waals surface area (Å²) >= 11 is 2.27. The molecule has 1 aliphatic heterocycles. The Morgan fingerprint density at radius 3 is 2.19 bits per heavy atom. The average molecular weight is 1080 g/mol. The summed E-state index contributed by atoms with van der Waals surface area (Å²) in [5.41, 5.74) is 6.20. The largest absolute Gasteiger partial charge is 0.497 e. The highest BCUT2D eigenvalue weighted by Gasteiger charge is 2.28. The van der Waals surface area contributed by atoms with E-state index in [-0.39, 0.29) is 41.8 Å². The molecule has 0 fully saturated rings. The summed E-state index contributed by atoms with van der Waals surface area (Å²) in [6, 6.07) is 28.0. The number of nitrogens with one attached hydrogen (secondary N) is 2. The Labute approximate surface area is 411 Å². The van der Waals surface area contributed by atoms with E-state index in [1.807, 2.05) is 67.6 Å². The van der Waals surface area contributed by atoms with Gasteiger partial charge in [0, 0.05) is 87.1 Å². The number of halogens is 1. The molecular weight excluding hydrogens is 1020 g/mol. The molecule has 0 unspecified atom stereocenters. The van der Waals surface area contributed by atoms with Crippen molar-refractivity contribution in [2.24, 2.45) is 0 Å². The van der Waals surface area contributed by atoms with Crippen molar-refractivity contribution in [3.63, 3.8) is 0 Å². The number of unbranched alkanes of at least 4 members (excludes halogenated alkanes) is 1. The lowest BCUT2D eigenvalue weighted by atomic mass is 9.93. The fourth-order valence-corrected chi connectivity index (χ4v) is 11.2. The Morgan fingerprint density at radius 2 is 1.53 bits per heavy atom. The maximum atomic E-state index is 13.8. The van der Waals surface area contributed by atoms with Crippen LogP contribution in [0.3, 0.4) is 0 Å². The number of sulfonamides is 1. The predicted octanol–water partition coefficient (Wildman–Crippen LogP) is 8.42. The minimum absolute atomic E-state index is 0.000321. The first-order valence-electron chi connectivity index (χ1n) is 22.7. The molecule has 0 atom stereocenters. The lowest BCUT2D eigenvalue weighted by Crippen LogP contribution is -2.29. The van der Waals surface area contributed by atoms with Crippen LogP contribution in [0.2, 0.25) is 0 Å². The van der Waals surface area contributed by atoms with E-state index in [9.17, 15) is 31.0 Å². The molecule has 7 rings (SSSR count). The zero-order valence-corrected chi connectivity index (χ0v) is 42.8. The minimum Gasteiger partial charge on any atom is -0.497 e. The van der Waals surface area contributed by atoms with Crippen LogP contribution in [-0.4, -0.2) is 84.1 Å². The lowest BCUT2D eigenvalue weighted by Gasteiger charge is -2.22. The molecular formula is C51H57IN5O9S2+. The van der Waals surface area contributed by atoms with Crippen molar-refractivity contribution < 1.29 is 40.1 Å². The number of carbonyl (C=O) groups is 2. The zero-order valence-electron chi connectivity index (χ0n) is 39.1. The van der Waals surface area contributed by atoms with Gasteiger partial charge in [-0.1, -0.05) is 40.8 Å². The van der Waals surface area contributed by atoms with Gasteiger partial charge in [0.25, 0.3) is 16.0 Å². The second-order valence-electron chi connectivity index (χ2n) is 16.4. The molecule has 2 aliphatic rings. The van der Waals surface area contributed by atoms with Crippen LogP contribution < -0.4 is 29.6 Å². The Kier molecular flexibility index (Phi) is 15.8. The number of hydrogen-bond acceptors (Lipinski definition) is 9. The number of carbonyl (C=O) groups excluding carboxylic acids is 2. The van der Waals surface area contributed by atoms with Crippen LogP contribution in [0, 0.1) is 6.92 Å². The van der Waals surface area contributed by atoms with Crippen molar-refractivity contribution in [1.82, 2.24) is 19.2 Å². The average Bonchev–Trinajstić information content (AvgIpc) is 3.60. The summed E-state index contributed by atoms with van der Waals surface area (Å²) in [6.07, 6.45) is 0.773. The highest BCUT2D eigenvalue weighted by molar-refractivity contribution is 14.1. The number of amides is 1. The second-order valence-corrected chi connectivity index (χ2v) is 20.3. The molecule has 5 aromatic rings.